The summed E-state index contributed by atoms with van der Waals surface area (Å²) in [6.07, 6.45) is 3.67. The molecule has 0 atom stereocenters. The van der Waals surface area contributed by atoms with Gasteiger partial charge in [0.05, 0.1) is 6.61 Å². The molecule has 0 unspecified atom stereocenters. The Labute approximate surface area is 96.2 Å². The average Bonchev–Trinajstić information content (AvgIpc) is 2.27. The van der Waals surface area contributed by atoms with Crippen molar-refractivity contribution >= 4 is 0 Å². The van der Waals surface area contributed by atoms with Crippen molar-refractivity contribution < 1.29 is 9.84 Å². The number of aliphatic hydroxyl groups is 1. The van der Waals surface area contributed by atoms with E-state index in [4.69, 9.17) is 15.6 Å². The van der Waals surface area contributed by atoms with Crippen LogP contribution in [0.25, 0.3) is 0 Å². The summed E-state index contributed by atoms with van der Waals surface area (Å²) in [5.41, 5.74) is 7.39. The van der Waals surface area contributed by atoms with Crippen molar-refractivity contribution in [3.63, 3.8) is 0 Å². The number of benzene rings is 1. The maximum absolute atomic E-state index is 8.66. The summed E-state index contributed by atoms with van der Waals surface area (Å²) in [6.45, 7) is 1.12. The molecule has 1 fully saturated rings. The number of hydrogen-bond donors (Lipinski definition) is 2. The van der Waals surface area contributed by atoms with E-state index < -0.39 is 0 Å². The average molecular weight is 221 g/mol. The van der Waals surface area contributed by atoms with Crippen molar-refractivity contribution in [3.8, 4) is 5.75 Å². The van der Waals surface area contributed by atoms with Crippen LogP contribution in [-0.4, -0.2) is 24.9 Å². The van der Waals surface area contributed by atoms with Crippen LogP contribution in [0, 0.1) is 0 Å². The molecule has 0 saturated heterocycles. The van der Waals surface area contributed by atoms with Gasteiger partial charge < -0.3 is 15.6 Å². The molecular weight excluding hydrogens is 202 g/mol. The van der Waals surface area contributed by atoms with Gasteiger partial charge in [-0.3, -0.25) is 0 Å². The lowest BCUT2D eigenvalue weighted by atomic mass is 9.64. The van der Waals surface area contributed by atoms with E-state index in [1.807, 2.05) is 12.1 Å². The van der Waals surface area contributed by atoms with Crippen molar-refractivity contribution in [2.75, 3.05) is 19.8 Å². The van der Waals surface area contributed by atoms with Crippen molar-refractivity contribution in [2.45, 2.75) is 24.7 Å². The van der Waals surface area contributed by atoms with Gasteiger partial charge in [0, 0.05) is 12.0 Å². The molecule has 1 saturated carbocycles. The van der Waals surface area contributed by atoms with Gasteiger partial charge in [0.1, 0.15) is 12.4 Å². The second-order valence-corrected chi connectivity index (χ2v) is 4.43. The van der Waals surface area contributed by atoms with Crippen LogP contribution >= 0.6 is 0 Å². The molecule has 2 rings (SSSR count). The number of hydrogen-bond acceptors (Lipinski definition) is 3. The summed E-state index contributed by atoms with van der Waals surface area (Å²) in [4.78, 5) is 0. The Hall–Kier alpha value is -1.06. The molecule has 0 radical (unpaired) electrons. The molecule has 1 aliphatic carbocycles. The van der Waals surface area contributed by atoms with Gasteiger partial charge in [-0.05, 0) is 30.5 Å². The summed E-state index contributed by atoms with van der Waals surface area (Å²) in [5, 5.41) is 8.66. The molecule has 1 aromatic rings. The standard InChI is InChI=1S/C13H19NO2/c14-10-13(6-1-7-13)11-2-4-12(5-3-11)16-9-8-15/h2-5,15H,1,6-10,14H2. The van der Waals surface area contributed by atoms with E-state index in [9.17, 15) is 0 Å². The van der Waals surface area contributed by atoms with Crippen molar-refractivity contribution in [2.24, 2.45) is 5.73 Å². The molecule has 0 aromatic heterocycles. The van der Waals surface area contributed by atoms with Gasteiger partial charge in [0.15, 0.2) is 0 Å². The first-order valence-corrected chi connectivity index (χ1v) is 5.85. The summed E-state index contributed by atoms with van der Waals surface area (Å²) in [6, 6.07) is 8.11. The van der Waals surface area contributed by atoms with E-state index in [2.05, 4.69) is 12.1 Å². The van der Waals surface area contributed by atoms with Crippen LogP contribution in [0.2, 0.25) is 0 Å². The second-order valence-electron chi connectivity index (χ2n) is 4.43. The molecular formula is C13H19NO2. The zero-order valence-corrected chi connectivity index (χ0v) is 9.48. The first kappa shape index (κ1) is 11.4. The molecule has 0 aliphatic heterocycles. The molecule has 3 heteroatoms. The van der Waals surface area contributed by atoms with E-state index in [1.54, 1.807) is 0 Å². The van der Waals surface area contributed by atoms with Crippen LogP contribution in [0.15, 0.2) is 24.3 Å². The zero-order valence-electron chi connectivity index (χ0n) is 9.48. The maximum Gasteiger partial charge on any atom is 0.119 e. The first-order chi connectivity index (χ1) is 7.80. The Morgan fingerprint density at radius 3 is 2.38 bits per heavy atom. The highest BCUT2D eigenvalue weighted by Gasteiger charge is 2.36. The van der Waals surface area contributed by atoms with E-state index in [-0.39, 0.29) is 12.0 Å². The largest absolute Gasteiger partial charge is 0.491 e. The Kier molecular flexibility index (Phi) is 3.46. The summed E-state index contributed by atoms with van der Waals surface area (Å²) >= 11 is 0. The van der Waals surface area contributed by atoms with Crippen LogP contribution in [0.3, 0.4) is 0 Å². The Balaban J connectivity index is 2.06. The van der Waals surface area contributed by atoms with E-state index in [0.717, 1.165) is 12.3 Å². The monoisotopic (exact) mass is 221 g/mol. The second kappa shape index (κ2) is 4.85. The minimum atomic E-state index is 0.0501. The predicted molar refractivity (Wildman–Crippen MR) is 63.6 cm³/mol. The Morgan fingerprint density at radius 2 is 1.94 bits per heavy atom. The summed E-state index contributed by atoms with van der Waals surface area (Å²) in [5.74, 6) is 0.810. The lowest BCUT2D eigenvalue weighted by Crippen LogP contribution is -2.41. The highest BCUT2D eigenvalue weighted by atomic mass is 16.5. The lowest BCUT2D eigenvalue weighted by molar-refractivity contribution is 0.201. The van der Waals surface area contributed by atoms with Crippen molar-refractivity contribution in [1.29, 1.82) is 0 Å². The smallest absolute Gasteiger partial charge is 0.119 e. The van der Waals surface area contributed by atoms with Gasteiger partial charge in [-0.25, -0.2) is 0 Å². The van der Waals surface area contributed by atoms with E-state index >= 15 is 0 Å². The molecule has 16 heavy (non-hydrogen) atoms. The molecule has 0 heterocycles. The van der Waals surface area contributed by atoms with Gasteiger partial charge in [0.2, 0.25) is 0 Å². The number of aliphatic hydroxyl groups excluding tert-OH is 1. The maximum atomic E-state index is 8.66. The highest BCUT2D eigenvalue weighted by molar-refractivity contribution is 5.34. The first-order valence-electron chi connectivity index (χ1n) is 5.85. The molecule has 0 amide bonds. The fourth-order valence-electron chi connectivity index (χ4n) is 2.28. The zero-order chi connectivity index (χ0) is 11.4. The number of rotatable bonds is 5. The fraction of sp³-hybridized carbons (Fsp3) is 0.538. The van der Waals surface area contributed by atoms with Crippen LogP contribution in [0.1, 0.15) is 24.8 Å². The third-order valence-corrected chi connectivity index (χ3v) is 3.53. The van der Waals surface area contributed by atoms with Crippen LogP contribution in [0.4, 0.5) is 0 Å². The molecule has 1 aliphatic rings. The van der Waals surface area contributed by atoms with Crippen LogP contribution < -0.4 is 10.5 Å². The van der Waals surface area contributed by atoms with E-state index in [0.29, 0.717) is 6.61 Å². The van der Waals surface area contributed by atoms with Crippen LogP contribution in [-0.2, 0) is 5.41 Å². The van der Waals surface area contributed by atoms with Gasteiger partial charge in [0.25, 0.3) is 0 Å². The molecule has 0 spiro atoms. The number of nitrogens with two attached hydrogens (primary N) is 1. The quantitative estimate of drug-likeness (QED) is 0.791. The molecule has 3 nitrogen and oxygen atoms in total. The van der Waals surface area contributed by atoms with Crippen molar-refractivity contribution in [3.05, 3.63) is 29.8 Å². The van der Waals surface area contributed by atoms with E-state index in [1.165, 1.54) is 24.8 Å². The minimum absolute atomic E-state index is 0.0501. The van der Waals surface area contributed by atoms with Gasteiger partial charge in [-0.15, -0.1) is 0 Å². The topological polar surface area (TPSA) is 55.5 Å². The third-order valence-electron chi connectivity index (χ3n) is 3.53. The normalized spacial score (nSPS) is 17.9. The van der Waals surface area contributed by atoms with Gasteiger partial charge >= 0.3 is 0 Å². The molecule has 88 valence electrons. The number of ether oxygens (including phenoxy) is 1. The van der Waals surface area contributed by atoms with Gasteiger partial charge in [-0.2, -0.15) is 0 Å². The fourth-order valence-corrected chi connectivity index (χ4v) is 2.28. The highest BCUT2D eigenvalue weighted by Crippen LogP contribution is 2.43. The SMILES string of the molecule is NCC1(c2ccc(OCCO)cc2)CCC1. The molecule has 0 bridgehead atoms. The predicted octanol–water partition coefficient (Wildman–Crippen LogP) is 1.44. The molecule has 1 aromatic carbocycles. The Bertz CT molecular complexity index is 325. The van der Waals surface area contributed by atoms with Crippen molar-refractivity contribution in [1.82, 2.24) is 0 Å². The minimum Gasteiger partial charge on any atom is -0.491 e. The molecule has 3 N–H and O–H groups in total. The third kappa shape index (κ3) is 2.06. The van der Waals surface area contributed by atoms with Crippen LogP contribution in [0.5, 0.6) is 5.75 Å². The van der Waals surface area contributed by atoms with Gasteiger partial charge in [-0.1, -0.05) is 18.6 Å². The Morgan fingerprint density at radius 1 is 1.25 bits per heavy atom. The lowest BCUT2D eigenvalue weighted by Gasteiger charge is -2.41. The summed E-state index contributed by atoms with van der Waals surface area (Å²) in [7, 11) is 0. The summed E-state index contributed by atoms with van der Waals surface area (Å²) < 4.78 is 5.33.